The largest absolute Gasteiger partial charge is 0.352 e. The molecular weight excluding hydrogens is 272 g/mol. The summed E-state index contributed by atoms with van der Waals surface area (Å²) in [6.45, 7) is 2.76. The van der Waals surface area contributed by atoms with E-state index in [2.05, 4.69) is 27.5 Å². The first-order valence-electron chi connectivity index (χ1n) is 7.20. The normalized spacial score (nSPS) is 11.0. The number of imidazole rings is 1. The molecule has 0 spiro atoms. The molecule has 8 heteroatoms. The van der Waals surface area contributed by atoms with Crippen LogP contribution in [0.25, 0.3) is 5.65 Å². The summed E-state index contributed by atoms with van der Waals surface area (Å²) in [7, 11) is 1.49. The van der Waals surface area contributed by atoms with Gasteiger partial charge in [0.25, 0.3) is 5.91 Å². The minimum absolute atomic E-state index is 0.133. The van der Waals surface area contributed by atoms with Crippen molar-refractivity contribution in [3.05, 3.63) is 22.5 Å². The van der Waals surface area contributed by atoms with Crippen molar-refractivity contribution in [2.45, 2.75) is 39.0 Å². The van der Waals surface area contributed by atoms with Crippen molar-refractivity contribution < 1.29 is 4.79 Å². The Morgan fingerprint density at radius 2 is 2.05 bits per heavy atom. The molecule has 21 heavy (non-hydrogen) atoms. The Hall–Kier alpha value is -2.25. The molecule has 0 saturated carbocycles. The maximum atomic E-state index is 12.0. The van der Waals surface area contributed by atoms with Crippen LogP contribution in [0.15, 0.2) is 11.1 Å². The van der Waals surface area contributed by atoms with E-state index < -0.39 is 0 Å². The fourth-order valence-corrected chi connectivity index (χ4v) is 2.06. The summed E-state index contributed by atoms with van der Waals surface area (Å²) in [5, 5.41) is 10.3. The maximum absolute atomic E-state index is 12.0. The highest BCUT2D eigenvalue weighted by atomic mass is 16.2. The number of fused-ring (bicyclic) bond motifs is 1. The van der Waals surface area contributed by atoms with Gasteiger partial charge < -0.3 is 5.32 Å². The van der Waals surface area contributed by atoms with Crippen LogP contribution in [0.5, 0.6) is 0 Å². The molecule has 0 aliphatic carbocycles. The molecule has 0 bridgehead atoms. The molecule has 0 unspecified atom stereocenters. The first kappa shape index (κ1) is 15.1. The molecule has 2 aromatic heterocycles. The molecule has 0 aliphatic heterocycles. The minimum Gasteiger partial charge on any atom is -0.351 e. The molecule has 0 aromatic carbocycles. The standard InChI is InChI=1S/C13H20N6O2/c1-3-4-5-6-7-8-14-12(20)10-11-16-17-18(2)13(21)19(11)9-15-10/h9H,3-8H2,1-2H3,(H,14,20). The third kappa shape index (κ3) is 3.45. The Labute approximate surface area is 122 Å². The zero-order chi connectivity index (χ0) is 15.2. The highest BCUT2D eigenvalue weighted by Gasteiger charge is 2.16. The summed E-state index contributed by atoms with van der Waals surface area (Å²) in [4.78, 5) is 27.8. The Morgan fingerprint density at radius 3 is 2.81 bits per heavy atom. The van der Waals surface area contributed by atoms with E-state index in [-0.39, 0.29) is 22.9 Å². The number of nitrogens with zero attached hydrogens (tertiary/aromatic N) is 5. The van der Waals surface area contributed by atoms with Crippen LogP contribution in [0.2, 0.25) is 0 Å². The van der Waals surface area contributed by atoms with E-state index in [4.69, 9.17) is 0 Å². The number of hydrogen-bond donors (Lipinski definition) is 1. The highest BCUT2D eigenvalue weighted by molar-refractivity contribution is 5.97. The zero-order valence-electron chi connectivity index (χ0n) is 12.4. The van der Waals surface area contributed by atoms with Gasteiger partial charge in [-0.05, 0) is 6.42 Å². The summed E-state index contributed by atoms with van der Waals surface area (Å²) in [6.07, 6.45) is 6.92. The summed E-state index contributed by atoms with van der Waals surface area (Å²) in [5.74, 6) is -0.324. The molecule has 2 rings (SSSR count). The van der Waals surface area contributed by atoms with E-state index in [1.54, 1.807) is 0 Å². The molecule has 0 aliphatic rings. The number of aromatic nitrogens is 5. The predicted molar refractivity (Wildman–Crippen MR) is 77.1 cm³/mol. The molecule has 1 amide bonds. The van der Waals surface area contributed by atoms with Crippen LogP contribution in [-0.2, 0) is 7.05 Å². The first-order chi connectivity index (χ1) is 10.1. The second-order valence-electron chi connectivity index (χ2n) is 4.95. The number of amides is 1. The smallest absolute Gasteiger partial charge is 0.351 e. The van der Waals surface area contributed by atoms with Crippen molar-refractivity contribution in [3.63, 3.8) is 0 Å². The summed E-state index contributed by atoms with van der Waals surface area (Å²) in [5.41, 5.74) is -0.0681. The minimum atomic E-state index is -0.383. The van der Waals surface area contributed by atoms with Gasteiger partial charge >= 0.3 is 5.69 Å². The zero-order valence-corrected chi connectivity index (χ0v) is 12.4. The average molecular weight is 292 g/mol. The Balaban J connectivity index is 1.97. The molecular formula is C13H20N6O2. The summed E-state index contributed by atoms with van der Waals surface area (Å²) >= 11 is 0. The number of rotatable bonds is 7. The van der Waals surface area contributed by atoms with Gasteiger partial charge in [-0.2, -0.15) is 4.68 Å². The highest BCUT2D eigenvalue weighted by Crippen LogP contribution is 2.04. The fourth-order valence-electron chi connectivity index (χ4n) is 2.06. The van der Waals surface area contributed by atoms with Gasteiger partial charge in [0.05, 0.1) is 0 Å². The van der Waals surface area contributed by atoms with Gasteiger partial charge in [0.1, 0.15) is 6.33 Å². The summed E-state index contributed by atoms with van der Waals surface area (Å²) < 4.78 is 2.30. The molecule has 0 fully saturated rings. The van der Waals surface area contributed by atoms with E-state index in [9.17, 15) is 9.59 Å². The molecule has 1 N–H and O–H groups in total. The van der Waals surface area contributed by atoms with Crippen LogP contribution in [0.4, 0.5) is 0 Å². The van der Waals surface area contributed by atoms with E-state index in [1.165, 1.54) is 37.0 Å². The second-order valence-corrected chi connectivity index (χ2v) is 4.95. The van der Waals surface area contributed by atoms with E-state index in [1.807, 2.05) is 0 Å². The van der Waals surface area contributed by atoms with Crippen molar-refractivity contribution in [1.82, 2.24) is 29.7 Å². The molecule has 2 heterocycles. The fraction of sp³-hybridized carbons (Fsp3) is 0.615. The van der Waals surface area contributed by atoms with Gasteiger partial charge in [-0.15, -0.1) is 5.10 Å². The van der Waals surface area contributed by atoms with Crippen molar-refractivity contribution in [3.8, 4) is 0 Å². The van der Waals surface area contributed by atoms with Crippen LogP contribution >= 0.6 is 0 Å². The van der Waals surface area contributed by atoms with Crippen molar-refractivity contribution in [2.75, 3.05) is 6.54 Å². The van der Waals surface area contributed by atoms with Crippen LogP contribution in [-0.4, -0.2) is 36.8 Å². The third-order valence-corrected chi connectivity index (χ3v) is 3.28. The maximum Gasteiger partial charge on any atom is 0.352 e. The van der Waals surface area contributed by atoms with Crippen molar-refractivity contribution in [1.29, 1.82) is 0 Å². The molecule has 0 radical (unpaired) electrons. The Bertz CT molecular complexity index is 675. The number of unbranched alkanes of at least 4 members (excludes halogenated alkanes) is 4. The lowest BCUT2D eigenvalue weighted by Gasteiger charge is -2.03. The number of carbonyl (C=O) groups excluding carboxylic acids is 1. The van der Waals surface area contributed by atoms with Gasteiger partial charge in [-0.25, -0.2) is 14.2 Å². The number of hydrogen-bond acceptors (Lipinski definition) is 5. The van der Waals surface area contributed by atoms with Crippen LogP contribution < -0.4 is 11.0 Å². The van der Waals surface area contributed by atoms with Crippen LogP contribution in [0.1, 0.15) is 49.5 Å². The lowest BCUT2D eigenvalue weighted by Crippen LogP contribution is -2.29. The third-order valence-electron chi connectivity index (χ3n) is 3.28. The lowest BCUT2D eigenvalue weighted by molar-refractivity contribution is 0.0950. The molecule has 2 aromatic rings. The predicted octanol–water partition coefficient (Wildman–Crippen LogP) is 0.523. The van der Waals surface area contributed by atoms with Gasteiger partial charge in [0, 0.05) is 13.6 Å². The van der Waals surface area contributed by atoms with Crippen LogP contribution in [0.3, 0.4) is 0 Å². The topological polar surface area (TPSA) is 94.2 Å². The Kier molecular flexibility index (Phi) is 5.02. The number of aryl methyl sites for hydroxylation is 1. The van der Waals surface area contributed by atoms with Gasteiger partial charge in [0.2, 0.25) is 0 Å². The van der Waals surface area contributed by atoms with Gasteiger partial charge in [-0.1, -0.05) is 37.8 Å². The van der Waals surface area contributed by atoms with Gasteiger partial charge in [0.15, 0.2) is 11.3 Å². The van der Waals surface area contributed by atoms with Crippen molar-refractivity contribution in [2.24, 2.45) is 7.05 Å². The van der Waals surface area contributed by atoms with Gasteiger partial charge in [-0.3, -0.25) is 4.79 Å². The lowest BCUT2D eigenvalue weighted by atomic mass is 10.1. The molecule has 0 saturated heterocycles. The Morgan fingerprint density at radius 1 is 1.29 bits per heavy atom. The second kappa shape index (κ2) is 6.96. The number of nitrogens with one attached hydrogen (secondary N) is 1. The SMILES string of the molecule is CCCCCCCNC(=O)c1ncn2c(=O)n(C)nnc12. The monoisotopic (exact) mass is 292 g/mol. The van der Waals surface area contributed by atoms with E-state index in [0.29, 0.717) is 6.54 Å². The molecule has 114 valence electrons. The van der Waals surface area contributed by atoms with Crippen LogP contribution in [0, 0.1) is 0 Å². The molecule has 0 atom stereocenters. The number of carbonyl (C=O) groups is 1. The summed E-state index contributed by atoms with van der Waals surface area (Å²) in [6, 6.07) is 0. The van der Waals surface area contributed by atoms with E-state index in [0.717, 1.165) is 17.5 Å². The first-order valence-corrected chi connectivity index (χ1v) is 7.20. The quantitative estimate of drug-likeness (QED) is 0.751. The van der Waals surface area contributed by atoms with Crippen molar-refractivity contribution >= 4 is 11.6 Å². The van der Waals surface area contributed by atoms with E-state index >= 15 is 0 Å². The average Bonchev–Trinajstić information content (AvgIpc) is 2.91. The molecule has 8 nitrogen and oxygen atoms in total.